The molecule has 14 heavy (non-hydrogen) atoms. The summed E-state index contributed by atoms with van der Waals surface area (Å²) in [6, 6.07) is 8.61. The zero-order valence-electron chi connectivity index (χ0n) is 7.90. The molecule has 0 saturated carbocycles. The summed E-state index contributed by atoms with van der Waals surface area (Å²) in [5.74, 6) is -1.08. The molecular formula is C11H11NO2. The highest BCUT2D eigenvalue weighted by Crippen LogP contribution is 2.18. The van der Waals surface area contributed by atoms with Crippen LogP contribution in [0.15, 0.2) is 24.3 Å². The molecule has 0 aromatic heterocycles. The number of hydrogen-bond donors (Lipinski definition) is 1. The van der Waals surface area contributed by atoms with Gasteiger partial charge >= 0.3 is 5.97 Å². The van der Waals surface area contributed by atoms with Crippen molar-refractivity contribution in [3.63, 3.8) is 0 Å². The second kappa shape index (κ2) is 4.43. The first-order chi connectivity index (χ1) is 6.69. The van der Waals surface area contributed by atoms with E-state index in [1.165, 1.54) is 12.1 Å². The molecule has 0 aliphatic rings. The highest BCUT2D eigenvalue weighted by molar-refractivity contribution is 5.87. The Labute approximate surface area is 82.6 Å². The molecular weight excluding hydrogens is 178 g/mol. The van der Waals surface area contributed by atoms with Gasteiger partial charge in [-0.3, -0.25) is 0 Å². The quantitative estimate of drug-likeness (QED) is 0.794. The van der Waals surface area contributed by atoms with E-state index in [0.29, 0.717) is 0 Å². The summed E-state index contributed by atoms with van der Waals surface area (Å²) >= 11 is 0. The second-order valence-electron chi connectivity index (χ2n) is 3.02. The minimum Gasteiger partial charge on any atom is -0.478 e. The smallest absolute Gasteiger partial charge is 0.335 e. The van der Waals surface area contributed by atoms with E-state index in [9.17, 15) is 4.79 Å². The van der Waals surface area contributed by atoms with Gasteiger partial charge in [0.2, 0.25) is 0 Å². The summed E-state index contributed by atoms with van der Waals surface area (Å²) in [7, 11) is 0. The van der Waals surface area contributed by atoms with Gasteiger partial charge in [-0.15, -0.1) is 0 Å². The Morgan fingerprint density at radius 3 is 2.43 bits per heavy atom. The van der Waals surface area contributed by atoms with E-state index < -0.39 is 5.97 Å². The van der Waals surface area contributed by atoms with Crippen molar-refractivity contribution in [3.05, 3.63) is 35.4 Å². The molecule has 0 amide bonds. The summed E-state index contributed by atoms with van der Waals surface area (Å²) in [5, 5.41) is 17.5. The molecule has 1 aromatic carbocycles. The van der Waals surface area contributed by atoms with E-state index in [2.05, 4.69) is 6.07 Å². The maximum absolute atomic E-state index is 10.6. The van der Waals surface area contributed by atoms with Crippen molar-refractivity contribution >= 4 is 5.97 Å². The van der Waals surface area contributed by atoms with Crippen LogP contribution in [0.1, 0.15) is 35.2 Å². The average Bonchev–Trinajstić information content (AvgIpc) is 2.20. The molecule has 0 radical (unpaired) electrons. The maximum Gasteiger partial charge on any atom is 0.335 e. The van der Waals surface area contributed by atoms with Gasteiger partial charge in [-0.1, -0.05) is 19.1 Å². The summed E-state index contributed by atoms with van der Waals surface area (Å²) in [4.78, 5) is 10.6. The molecule has 0 aliphatic carbocycles. The molecule has 0 bridgehead atoms. The standard InChI is InChI=1S/C11H11NO2/c1-2-8(7-12)9-3-5-10(6-4-9)11(13)14/h3-6,8H,2H2,1H3,(H,13,14). The van der Waals surface area contributed by atoms with Crippen LogP contribution < -0.4 is 0 Å². The summed E-state index contributed by atoms with van der Waals surface area (Å²) in [5.41, 5.74) is 1.13. The molecule has 3 nitrogen and oxygen atoms in total. The molecule has 1 N–H and O–H groups in total. The fourth-order valence-corrected chi connectivity index (χ4v) is 1.26. The van der Waals surface area contributed by atoms with Gasteiger partial charge < -0.3 is 5.11 Å². The lowest BCUT2D eigenvalue weighted by atomic mass is 9.97. The molecule has 0 spiro atoms. The molecule has 0 aliphatic heterocycles. The summed E-state index contributed by atoms with van der Waals surface area (Å²) in [6.45, 7) is 1.93. The number of rotatable bonds is 3. The van der Waals surface area contributed by atoms with Crippen molar-refractivity contribution in [2.24, 2.45) is 0 Å². The van der Waals surface area contributed by atoms with Gasteiger partial charge in [0.1, 0.15) is 0 Å². The molecule has 0 fully saturated rings. The molecule has 1 atom stereocenters. The number of aromatic carboxylic acids is 1. The predicted molar refractivity (Wildman–Crippen MR) is 52.0 cm³/mol. The third-order valence-electron chi connectivity index (χ3n) is 2.12. The van der Waals surface area contributed by atoms with Gasteiger partial charge in [0.15, 0.2) is 0 Å². The van der Waals surface area contributed by atoms with Crippen molar-refractivity contribution in [2.45, 2.75) is 19.3 Å². The van der Waals surface area contributed by atoms with Gasteiger partial charge in [0.05, 0.1) is 17.6 Å². The minimum atomic E-state index is -0.943. The number of hydrogen-bond acceptors (Lipinski definition) is 2. The lowest BCUT2D eigenvalue weighted by Crippen LogP contribution is -1.98. The zero-order chi connectivity index (χ0) is 10.6. The zero-order valence-corrected chi connectivity index (χ0v) is 7.90. The first kappa shape index (κ1) is 10.3. The Morgan fingerprint density at radius 1 is 1.50 bits per heavy atom. The second-order valence-corrected chi connectivity index (χ2v) is 3.02. The molecule has 1 unspecified atom stereocenters. The fraction of sp³-hybridized carbons (Fsp3) is 0.273. The third kappa shape index (κ3) is 2.11. The van der Waals surface area contributed by atoms with Crippen molar-refractivity contribution in [2.75, 3.05) is 0 Å². The normalized spacial score (nSPS) is 11.7. The van der Waals surface area contributed by atoms with Crippen LogP contribution in [0.4, 0.5) is 0 Å². The number of benzene rings is 1. The Morgan fingerprint density at radius 2 is 2.07 bits per heavy atom. The molecule has 3 heteroatoms. The number of nitriles is 1. The van der Waals surface area contributed by atoms with Crippen LogP contribution in [0.2, 0.25) is 0 Å². The van der Waals surface area contributed by atoms with Gasteiger partial charge in [-0.05, 0) is 24.1 Å². The van der Waals surface area contributed by atoms with Gasteiger partial charge in [0, 0.05) is 0 Å². The Hall–Kier alpha value is -1.82. The minimum absolute atomic E-state index is 0.141. The van der Waals surface area contributed by atoms with Crippen molar-refractivity contribution in [3.8, 4) is 6.07 Å². The highest BCUT2D eigenvalue weighted by Gasteiger charge is 2.08. The number of carbonyl (C=O) groups is 1. The van der Waals surface area contributed by atoms with Gasteiger partial charge in [-0.25, -0.2) is 4.79 Å². The van der Waals surface area contributed by atoms with E-state index in [1.54, 1.807) is 12.1 Å². The van der Waals surface area contributed by atoms with E-state index in [1.807, 2.05) is 6.92 Å². The topological polar surface area (TPSA) is 61.1 Å². The first-order valence-corrected chi connectivity index (χ1v) is 4.42. The fourth-order valence-electron chi connectivity index (χ4n) is 1.26. The number of carboxylic acids is 1. The van der Waals surface area contributed by atoms with Crippen LogP contribution in [0.25, 0.3) is 0 Å². The largest absolute Gasteiger partial charge is 0.478 e. The summed E-state index contributed by atoms with van der Waals surface area (Å²) in [6.07, 6.45) is 0.739. The van der Waals surface area contributed by atoms with E-state index in [0.717, 1.165) is 12.0 Å². The summed E-state index contributed by atoms with van der Waals surface area (Å²) < 4.78 is 0. The maximum atomic E-state index is 10.6. The van der Waals surface area contributed by atoms with Crippen molar-refractivity contribution in [1.82, 2.24) is 0 Å². The Kier molecular flexibility index (Phi) is 3.24. The average molecular weight is 189 g/mol. The first-order valence-electron chi connectivity index (χ1n) is 4.42. The molecule has 0 saturated heterocycles. The Balaban J connectivity index is 2.94. The third-order valence-corrected chi connectivity index (χ3v) is 2.12. The molecule has 0 heterocycles. The van der Waals surface area contributed by atoms with Crippen LogP contribution in [0.3, 0.4) is 0 Å². The van der Waals surface area contributed by atoms with Gasteiger partial charge in [-0.2, -0.15) is 5.26 Å². The molecule has 1 rings (SSSR count). The van der Waals surface area contributed by atoms with E-state index >= 15 is 0 Å². The van der Waals surface area contributed by atoms with Crippen LogP contribution in [0.5, 0.6) is 0 Å². The predicted octanol–water partition coefficient (Wildman–Crippen LogP) is 2.40. The van der Waals surface area contributed by atoms with Crippen molar-refractivity contribution in [1.29, 1.82) is 5.26 Å². The van der Waals surface area contributed by atoms with E-state index in [-0.39, 0.29) is 11.5 Å². The SMILES string of the molecule is CCC(C#N)c1ccc(C(=O)O)cc1. The monoisotopic (exact) mass is 189 g/mol. The number of nitrogens with zero attached hydrogens (tertiary/aromatic N) is 1. The van der Waals surface area contributed by atoms with Crippen molar-refractivity contribution < 1.29 is 9.90 Å². The lowest BCUT2D eigenvalue weighted by Gasteiger charge is -2.05. The highest BCUT2D eigenvalue weighted by atomic mass is 16.4. The van der Waals surface area contributed by atoms with E-state index in [4.69, 9.17) is 10.4 Å². The lowest BCUT2D eigenvalue weighted by molar-refractivity contribution is 0.0697. The molecule has 1 aromatic rings. The number of carboxylic acid groups (broad SMARTS) is 1. The Bertz CT molecular complexity index is 362. The van der Waals surface area contributed by atoms with Crippen LogP contribution in [-0.2, 0) is 0 Å². The van der Waals surface area contributed by atoms with Crippen LogP contribution in [-0.4, -0.2) is 11.1 Å². The molecule has 72 valence electrons. The van der Waals surface area contributed by atoms with Gasteiger partial charge in [0.25, 0.3) is 0 Å². The van der Waals surface area contributed by atoms with Crippen LogP contribution >= 0.6 is 0 Å². The van der Waals surface area contributed by atoms with Crippen LogP contribution in [0, 0.1) is 11.3 Å².